The first-order valence-electron chi connectivity index (χ1n) is 13.3. The Kier molecular flexibility index (Phi) is 8.39. The monoisotopic (exact) mass is 548 g/mol. The van der Waals surface area contributed by atoms with Crippen molar-refractivity contribution in [1.82, 2.24) is 10.6 Å². The molecule has 0 aromatic heterocycles. The van der Waals surface area contributed by atoms with Crippen molar-refractivity contribution in [2.45, 2.75) is 103 Å². The number of hydrogen-bond acceptors (Lipinski definition) is 9. The summed E-state index contributed by atoms with van der Waals surface area (Å²) in [5, 5.41) is 5.31. The first kappa shape index (κ1) is 29.4. The van der Waals surface area contributed by atoms with E-state index in [-0.39, 0.29) is 24.5 Å². The second kappa shape index (κ2) is 11.1. The summed E-state index contributed by atoms with van der Waals surface area (Å²) in [6.45, 7) is 12.9. The first-order valence-corrected chi connectivity index (χ1v) is 13.3. The normalized spacial score (nSPS) is 29.9. The molecule has 0 saturated carbocycles. The Labute approximate surface area is 229 Å². The van der Waals surface area contributed by atoms with Crippen LogP contribution in [0.15, 0.2) is 30.3 Å². The maximum Gasteiger partial charge on any atom is 0.329 e. The van der Waals surface area contributed by atoms with Gasteiger partial charge in [-0.2, -0.15) is 0 Å². The number of carbonyl (C=O) groups excluding carboxylic acids is 3. The van der Waals surface area contributed by atoms with Gasteiger partial charge in [0, 0.05) is 5.56 Å². The summed E-state index contributed by atoms with van der Waals surface area (Å²) in [5.41, 5.74) is 0.112. The molecule has 1 aromatic rings. The van der Waals surface area contributed by atoms with Crippen LogP contribution < -0.4 is 10.6 Å². The van der Waals surface area contributed by atoms with Gasteiger partial charge in [0.05, 0.1) is 13.2 Å². The summed E-state index contributed by atoms with van der Waals surface area (Å²) in [5.74, 6) is -3.28. The van der Waals surface area contributed by atoms with Crippen LogP contribution in [0.1, 0.15) is 65.2 Å². The third kappa shape index (κ3) is 7.55. The van der Waals surface area contributed by atoms with Crippen molar-refractivity contribution < 1.29 is 42.8 Å². The molecule has 39 heavy (non-hydrogen) atoms. The van der Waals surface area contributed by atoms with Gasteiger partial charge in [0.1, 0.15) is 18.2 Å². The zero-order valence-corrected chi connectivity index (χ0v) is 23.6. The van der Waals surface area contributed by atoms with Gasteiger partial charge in [-0.1, -0.05) is 39.0 Å². The van der Waals surface area contributed by atoms with E-state index in [1.54, 1.807) is 58.0 Å². The van der Waals surface area contributed by atoms with Gasteiger partial charge in [-0.3, -0.25) is 9.59 Å². The van der Waals surface area contributed by atoms with Gasteiger partial charge in [-0.15, -0.1) is 0 Å². The van der Waals surface area contributed by atoms with Crippen LogP contribution in [0.5, 0.6) is 0 Å². The molecule has 3 fully saturated rings. The molecule has 3 aliphatic rings. The quantitative estimate of drug-likeness (QED) is 0.470. The van der Waals surface area contributed by atoms with Crippen LogP contribution in [0.2, 0.25) is 0 Å². The molecule has 2 N–H and O–H groups in total. The summed E-state index contributed by atoms with van der Waals surface area (Å²) in [7, 11) is 0. The largest absolute Gasteiger partial charge is 0.455 e. The maximum atomic E-state index is 13.6. The minimum Gasteiger partial charge on any atom is -0.455 e. The van der Waals surface area contributed by atoms with Crippen LogP contribution in [0.4, 0.5) is 0 Å². The first-order chi connectivity index (χ1) is 18.1. The molecule has 3 saturated heterocycles. The fraction of sp³-hybridized carbons (Fsp3) is 0.679. The Morgan fingerprint density at radius 3 is 2.31 bits per heavy atom. The van der Waals surface area contributed by atoms with Crippen molar-refractivity contribution in [2.75, 3.05) is 13.2 Å². The predicted molar refractivity (Wildman–Crippen MR) is 138 cm³/mol. The lowest BCUT2D eigenvalue weighted by atomic mass is 9.88. The molecule has 0 bridgehead atoms. The minimum absolute atomic E-state index is 0.248. The Morgan fingerprint density at radius 1 is 1.00 bits per heavy atom. The minimum atomic E-state index is -0.974. The molecule has 2 amide bonds. The summed E-state index contributed by atoms with van der Waals surface area (Å²) in [6.07, 6.45) is -3.20. The number of hydrogen-bond donors (Lipinski definition) is 2. The van der Waals surface area contributed by atoms with E-state index in [2.05, 4.69) is 10.6 Å². The van der Waals surface area contributed by atoms with Crippen LogP contribution in [0.3, 0.4) is 0 Å². The Morgan fingerprint density at radius 2 is 1.69 bits per heavy atom. The summed E-state index contributed by atoms with van der Waals surface area (Å²) < 4.78 is 35.8. The van der Waals surface area contributed by atoms with Crippen molar-refractivity contribution >= 4 is 17.8 Å². The van der Waals surface area contributed by atoms with Gasteiger partial charge in [-0.05, 0) is 51.7 Å². The molecule has 11 heteroatoms. The van der Waals surface area contributed by atoms with Crippen molar-refractivity contribution in [3.63, 3.8) is 0 Å². The highest BCUT2D eigenvalue weighted by Crippen LogP contribution is 2.42. The van der Waals surface area contributed by atoms with Crippen LogP contribution in [0, 0.1) is 5.41 Å². The topological polar surface area (TPSA) is 131 Å². The van der Waals surface area contributed by atoms with E-state index >= 15 is 0 Å². The predicted octanol–water partition coefficient (Wildman–Crippen LogP) is 2.28. The molecule has 0 radical (unpaired) electrons. The average Bonchev–Trinajstić information content (AvgIpc) is 3.45. The van der Waals surface area contributed by atoms with Crippen molar-refractivity contribution in [1.29, 1.82) is 0 Å². The van der Waals surface area contributed by atoms with Crippen LogP contribution in [0.25, 0.3) is 0 Å². The van der Waals surface area contributed by atoms with E-state index in [1.165, 1.54) is 0 Å². The number of fused-ring (bicyclic) bond motifs is 1. The molecular formula is C28H40N2O9. The molecule has 4 rings (SSSR count). The summed E-state index contributed by atoms with van der Waals surface area (Å²) >= 11 is 0. The van der Waals surface area contributed by atoms with Gasteiger partial charge in [0.25, 0.3) is 5.91 Å². The third-order valence-electron chi connectivity index (χ3n) is 6.56. The number of benzene rings is 1. The fourth-order valence-corrected chi connectivity index (χ4v) is 4.93. The molecule has 0 spiro atoms. The number of nitrogens with one attached hydrogen (secondary N) is 2. The lowest BCUT2D eigenvalue weighted by Crippen LogP contribution is -2.51. The van der Waals surface area contributed by atoms with E-state index in [4.69, 9.17) is 28.4 Å². The van der Waals surface area contributed by atoms with E-state index < -0.39 is 60.2 Å². The average molecular weight is 549 g/mol. The Hall–Kier alpha value is -2.57. The molecule has 6 unspecified atom stereocenters. The van der Waals surface area contributed by atoms with Crippen LogP contribution in [-0.4, -0.2) is 79.3 Å². The van der Waals surface area contributed by atoms with Gasteiger partial charge in [0.2, 0.25) is 5.91 Å². The van der Waals surface area contributed by atoms with Crippen molar-refractivity contribution in [2.24, 2.45) is 5.41 Å². The highest BCUT2D eigenvalue weighted by Gasteiger charge is 2.60. The lowest BCUT2D eigenvalue weighted by molar-refractivity contribution is -0.235. The summed E-state index contributed by atoms with van der Waals surface area (Å²) in [4.78, 5) is 38.7. The van der Waals surface area contributed by atoms with E-state index in [0.29, 0.717) is 12.0 Å². The van der Waals surface area contributed by atoms with Gasteiger partial charge < -0.3 is 39.1 Å². The number of carbonyl (C=O) groups is 3. The van der Waals surface area contributed by atoms with E-state index in [1.807, 2.05) is 20.8 Å². The zero-order valence-electron chi connectivity index (χ0n) is 23.6. The van der Waals surface area contributed by atoms with Gasteiger partial charge in [-0.25, -0.2) is 4.79 Å². The maximum absolute atomic E-state index is 13.6. The van der Waals surface area contributed by atoms with Gasteiger partial charge in [0.15, 0.2) is 30.1 Å². The highest BCUT2D eigenvalue weighted by atomic mass is 16.8. The number of ether oxygens (including phenoxy) is 6. The molecule has 1 aromatic carbocycles. The second-order valence-electron chi connectivity index (χ2n) is 12.3. The molecule has 3 heterocycles. The standard InChI is InChI=1S/C28H40N2O9/c1-26(2,3)13-17(30-19(31)14-29-23(32)16-11-9-8-10-12-16)24(33)35-21-20(18-15-34-27(4,5)37-18)36-25-22(21)38-28(6,7)39-25/h8-12,17-18,20-22,25H,13-15H2,1-7H3,(H,29,32)(H,30,31). The molecule has 6 atom stereocenters. The lowest BCUT2D eigenvalue weighted by Gasteiger charge is -2.31. The smallest absolute Gasteiger partial charge is 0.329 e. The number of amides is 2. The van der Waals surface area contributed by atoms with E-state index in [9.17, 15) is 14.4 Å². The SMILES string of the molecule is CC(C)(C)CC(NC(=O)CNC(=O)c1ccccc1)C(=O)OC1C(C2COC(C)(C)O2)OC2OC(C)(C)OC21. The highest BCUT2D eigenvalue weighted by molar-refractivity contribution is 5.96. The molecule has 216 valence electrons. The molecule has 11 nitrogen and oxygen atoms in total. The van der Waals surface area contributed by atoms with Crippen LogP contribution >= 0.6 is 0 Å². The zero-order chi connectivity index (χ0) is 28.6. The van der Waals surface area contributed by atoms with Crippen molar-refractivity contribution in [3.8, 4) is 0 Å². The molecular weight excluding hydrogens is 508 g/mol. The van der Waals surface area contributed by atoms with E-state index in [0.717, 1.165) is 0 Å². The molecule has 0 aliphatic carbocycles. The Balaban J connectivity index is 1.45. The second-order valence-corrected chi connectivity index (χ2v) is 12.3. The number of rotatable bonds is 8. The summed E-state index contributed by atoms with van der Waals surface area (Å²) in [6, 6.07) is 7.59. The Bertz CT molecular complexity index is 1050. The third-order valence-corrected chi connectivity index (χ3v) is 6.56. The van der Waals surface area contributed by atoms with Crippen molar-refractivity contribution in [3.05, 3.63) is 35.9 Å². The number of esters is 1. The molecule has 3 aliphatic heterocycles. The van der Waals surface area contributed by atoms with Gasteiger partial charge >= 0.3 is 5.97 Å². The fourth-order valence-electron chi connectivity index (χ4n) is 4.93. The van der Waals surface area contributed by atoms with Crippen LogP contribution in [-0.2, 0) is 38.0 Å².